The number of phenolic OH excluding ortho intramolecular Hbond substituents is 1. The van der Waals surface area contributed by atoms with E-state index >= 15 is 0 Å². The molecule has 0 spiro atoms. The van der Waals surface area contributed by atoms with Gasteiger partial charge in [-0.05, 0) is 63.3 Å². The average Bonchev–Trinajstić information content (AvgIpc) is 2.35. The van der Waals surface area contributed by atoms with Gasteiger partial charge >= 0.3 is 0 Å². The fourth-order valence-corrected chi connectivity index (χ4v) is 3.08. The highest BCUT2D eigenvalue weighted by Gasteiger charge is 2.27. The quantitative estimate of drug-likeness (QED) is 0.884. The van der Waals surface area contributed by atoms with Crippen LogP contribution in [-0.2, 0) is 6.42 Å². The standard InChI is InChI=1S/C16H25NO/c1-12-5-4-10-17(14(12)3)13(2)11-15-6-8-16(18)9-7-15/h6-9,12-14,18H,4-5,10-11H2,1-3H3. The van der Waals surface area contributed by atoms with Crippen LogP contribution in [0.2, 0.25) is 0 Å². The van der Waals surface area contributed by atoms with E-state index in [1.165, 1.54) is 24.9 Å². The Morgan fingerprint density at radius 2 is 1.94 bits per heavy atom. The minimum Gasteiger partial charge on any atom is -0.508 e. The third kappa shape index (κ3) is 3.05. The Balaban J connectivity index is 1.98. The molecular weight excluding hydrogens is 222 g/mol. The predicted octanol–water partition coefficient (Wildman–Crippen LogP) is 3.44. The summed E-state index contributed by atoms with van der Waals surface area (Å²) in [5.41, 5.74) is 1.31. The number of phenols is 1. The summed E-state index contributed by atoms with van der Waals surface area (Å²) >= 11 is 0. The van der Waals surface area contributed by atoms with E-state index in [0.717, 1.165) is 12.3 Å². The van der Waals surface area contributed by atoms with Gasteiger partial charge in [-0.25, -0.2) is 0 Å². The fraction of sp³-hybridized carbons (Fsp3) is 0.625. The molecule has 2 heteroatoms. The third-order valence-electron chi connectivity index (χ3n) is 4.46. The highest BCUT2D eigenvalue weighted by atomic mass is 16.3. The fourth-order valence-electron chi connectivity index (χ4n) is 3.08. The molecule has 1 fully saturated rings. The topological polar surface area (TPSA) is 23.5 Å². The van der Waals surface area contributed by atoms with Crippen molar-refractivity contribution in [3.8, 4) is 5.75 Å². The van der Waals surface area contributed by atoms with Gasteiger partial charge < -0.3 is 5.11 Å². The normalized spacial score (nSPS) is 27.1. The highest BCUT2D eigenvalue weighted by molar-refractivity contribution is 5.26. The molecule has 1 aliphatic rings. The molecule has 0 bridgehead atoms. The van der Waals surface area contributed by atoms with E-state index < -0.39 is 0 Å². The lowest BCUT2D eigenvalue weighted by Gasteiger charge is -2.41. The van der Waals surface area contributed by atoms with Crippen LogP contribution < -0.4 is 0 Å². The second-order valence-corrected chi connectivity index (χ2v) is 5.82. The number of rotatable bonds is 3. The van der Waals surface area contributed by atoms with Crippen molar-refractivity contribution < 1.29 is 5.11 Å². The minimum atomic E-state index is 0.353. The molecule has 1 N–H and O–H groups in total. The Hall–Kier alpha value is -1.02. The number of aromatic hydroxyl groups is 1. The number of benzene rings is 1. The van der Waals surface area contributed by atoms with Crippen LogP contribution in [0, 0.1) is 5.92 Å². The molecule has 2 nitrogen and oxygen atoms in total. The Labute approximate surface area is 111 Å². The smallest absolute Gasteiger partial charge is 0.115 e. The lowest BCUT2D eigenvalue weighted by Crippen LogP contribution is -2.47. The van der Waals surface area contributed by atoms with E-state index in [9.17, 15) is 5.11 Å². The summed E-state index contributed by atoms with van der Waals surface area (Å²) in [6.45, 7) is 8.27. The number of likely N-dealkylation sites (tertiary alicyclic amines) is 1. The molecule has 18 heavy (non-hydrogen) atoms. The van der Waals surface area contributed by atoms with Crippen molar-refractivity contribution in [2.24, 2.45) is 5.92 Å². The van der Waals surface area contributed by atoms with Gasteiger partial charge in [-0.2, -0.15) is 0 Å². The molecule has 1 aliphatic heterocycles. The maximum absolute atomic E-state index is 9.31. The van der Waals surface area contributed by atoms with Crippen molar-refractivity contribution in [2.75, 3.05) is 6.54 Å². The van der Waals surface area contributed by atoms with E-state index in [-0.39, 0.29) is 0 Å². The first-order valence-corrected chi connectivity index (χ1v) is 7.11. The predicted molar refractivity (Wildman–Crippen MR) is 75.8 cm³/mol. The van der Waals surface area contributed by atoms with Crippen molar-refractivity contribution in [1.82, 2.24) is 4.90 Å². The minimum absolute atomic E-state index is 0.353. The summed E-state index contributed by atoms with van der Waals surface area (Å²) < 4.78 is 0. The molecule has 3 atom stereocenters. The summed E-state index contributed by atoms with van der Waals surface area (Å²) in [7, 11) is 0. The van der Waals surface area contributed by atoms with Crippen LogP contribution in [-0.4, -0.2) is 28.6 Å². The summed E-state index contributed by atoms with van der Waals surface area (Å²) in [4.78, 5) is 2.64. The molecule has 0 saturated carbocycles. The van der Waals surface area contributed by atoms with E-state index in [0.29, 0.717) is 17.8 Å². The lowest BCUT2D eigenvalue weighted by molar-refractivity contribution is 0.0756. The molecule has 0 amide bonds. The number of nitrogens with zero attached hydrogens (tertiary/aromatic N) is 1. The van der Waals surface area contributed by atoms with Crippen molar-refractivity contribution in [1.29, 1.82) is 0 Å². The summed E-state index contributed by atoms with van der Waals surface area (Å²) in [6.07, 6.45) is 3.76. The van der Waals surface area contributed by atoms with Gasteiger partial charge in [-0.1, -0.05) is 19.1 Å². The van der Waals surface area contributed by atoms with Gasteiger partial charge in [-0.3, -0.25) is 4.90 Å². The largest absolute Gasteiger partial charge is 0.508 e. The highest BCUT2D eigenvalue weighted by Crippen LogP contribution is 2.26. The molecule has 0 radical (unpaired) electrons. The molecule has 1 heterocycles. The second kappa shape index (κ2) is 5.75. The maximum atomic E-state index is 9.31. The van der Waals surface area contributed by atoms with Gasteiger partial charge in [0.1, 0.15) is 5.75 Å². The molecule has 1 aromatic rings. The molecule has 1 saturated heterocycles. The number of hydrogen-bond acceptors (Lipinski definition) is 2. The molecule has 3 unspecified atom stereocenters. The first kappa shape index (κ1) is 13.4. The molecular formula is C16H25NO. The van der Waals surface area contributed by atoms with Crippen LogP contribution in [0.1, 0.15) is 39.2 Å². The molecule has 100 valence electrons. The Morgan fingerprint density at radius 1 is 1.28 bits per heavy atom. The van der Waals surface area contributed by atoms with Crippen molar-refractivity contribution in [2.45, 2.75) is 52.1 Å². The van der Waals surface area contributed by atoms with Crippen molar-refractivity contribution in [3.63, 3.8) is 0 Å². The number of hydrogen-bond donors (Lipinski definition) is 1. The molecule has 1 aromatic carbocycles. The zero-order chi connectivity index (χ0) is 13.1. The summed E-state index contributed by atoms with van der Waals surface area (Å²) in [5, 5.41) is 9.31. The Kier molecular flexibility index (Phi) is 4.28. The van der Waals surface area contributed by atoms with Crippen LogP contribution in [0.3, 0.4) is 0 Å². The zero-order valence-corrected chi connectivity index (χ0v) is 11.8. The van der Waals surface area contributed by atoms with E-state index in [1.807, 2.05) is 12.1 Å². The van der Waals surface area contributed by atoms with Crippen LogP contribution in [0.25, 0.3) is 0 Å². The van der Waals surface area contributed by atoms with Gasteiger partial charge in [0.05, 0.1) is 0 Å². The van der Waals surface area contributed by atoms with Crippen LogP contribution in [0.15, 0.2) is 24.3 Å². The van der Waals surface area contributed by atoms with Gasteiger partial charge in [0.15, 0.2) is 0 Å². The van der Waals surface area contributed by atoms with Crippen molar-refractivity contribution >= 4 is 0 Å². The van der Waals surface area contributed by atoms with Crippen LogP contribution in [0.5, 0.6) is 5.75 Å². The number of piperidine rings is 1. The maximum Gasteiger partial charge on any atom is 0.115 e. The van der Waals surface area contributed by atoms with E-state index in [2.05, 4.69) is 25.7 Å². The van der Waals surface area contributed by atoms with Crippen molar-refractivity contribution in [3.05, 3.63) is 29.8 Å². The van der Waals surface area contributed by atoms with E-state index in [1.54, 1.807) is 12.1 Å². The molecule has 0 aromatic heterocycles. The van der Waals surface area contributed by atoms with Crippen LogP contribution >= 0.6 is 0 Å². The van der Waals surface area contributed by atoms with E-state index in [4.69, 9.17) is 0 Å². The third-order valence-corrected chi connectivity index (χ3v) is 4.46. The average molecular weight is 247 g/mol. The SMILES string of the molecule is CC1CCCN(C(C)Cc2ccc(O)cc2)C1C. The van der Waals surface area contributed by atoms with Gasteiger partial charge in [0.25, 0.3) is 0 Å². The monoisotopic (exact) mass is 247 g/mol. The second-order valence-electron chi connectivity index (χ2n) is 5.82. The summed E-state index contributed by atoms with van der Waals surface area (Å²) in [6, 6.07) is 8.89. The van der Waals surface area contributed by atoms with Crippen LogP contribution in [0.4, 0.5) is 0 Å². The van der Waals surface area contributed by atoms with Gasteiger partial charge in [0.2, 0.25) is 0 Å². The lowest BCUT2D eigenvalue weighted by atomic mass is 9.90. The Bertz CT molecular complexity index is 373. The molecule has 0 aliphatic carbocycles. The first-order chi connectivity index (χ1) is 8.58. The van der Waals surface area contributed by atoms with Gasteiger partial charge in [0, 0.05) is 12.1 Å². The Morgan fingerprint density at radius 3 is 2.61 bits per heavy atom. The molecule has 2 rings (SSSR count). The first-order valence-electron chi connectivity index (χ1n) is 7.11. The summed E-state index contributed by atoms with van der Waals surface area (Å²) in [5.74, 6) is 1.16. The zero-order valence-electron chi connectivity index (χ0n) is 11.8. The van der Waals surface area contributed by atoms with Gasteiger partial charge in [-0.15, -0.1) is 0 Å².